The number of hydrogen-bond acceptors (Lipinski definition) is 7. The predicted octanol–water partition coefficient (Wildman–Crippen LogP) is 5.68. The molecule has 5 aromatic heterocycles. The zero-order valence-corrected chi connectivity index (χ0v) is 20.6. The quantitative estimate of drug-likeness (QED) is 0.195. The SMILES string of the molecule is CCCCC(O)Nc1cncc(-c2ccc3[nH]nc(-c4nc5c(-c6ccncc6)ccnc5[nH]4)c3c2F)c1. The average Bonchev–Trinajstić information content (AvgIpc) is 3.57. The van der Waals surface area contributed by atoms with Crippen LogP contribution in [0.5, 0.6) is 0 Å². The number of pyridine rings is 3. The van der Waals surface area contributed by atoms with Crippen LogP contribution in [0.2, 0.25) is 0 Å². The molecule has 4 N–H and O–H groups in total. The fourth-order valence-corrected chi connectivity index (χ4v) is 4.58. The van der Waals surface area contributed by atoms with Gasteiger partial charge in [-0.3, -0.25) is 15.1 Å². The number of nitrogens with zero attached hydrogens (tertiary/aromatic N) is 5. The van der Waals surface area contributed by atoms with Gasteiger partial charge in [-0.2, -0.15) is 5.10 Å². The highest BCUT2D eigenvalue weighted by Gasteiger charge is 2.21. The summed E-state index contributed by atoms with van der Waals surface area (Å²) in [6, 6.07) is 10.9. The van der Waals surface area contributed by atoms with Crippen molar-refractivity contribution >= 4 is 27.8 Å². The van der Waals surface area contributed by atoms with E-state index in [0.717, 1.165) is 24.0 Å². The number of imidazole rings is 1. The van der Waals surface area contributed by atoms with Gasteiger partial charge in [0.2, 0.25) is 0 Å². The molecule has 0 saturated heterocycles. The largest absolute Gasteiger partial charge is 0.374 e. The second-order valence-electron chi connectivity index (χ2n) is 9.06. The minimum Gasteiger partial charge on any atom is -0.374 e. The zero-order valence-electron chi connectivity index (χ0n) is 20.6. The number of aromatic amines is 2. The highest BCUT2D eigenvalue weighted by atomic mass is 19.1. The Hall–Kier alpha value is -4.70. The smallest absolute Gasteiger partial charge is 0.161 e. The first-order chi connectivity index (χ1) is 18.6. The van der Waals surface area contributed by atoms with Gasteiger partial charge in [-0.25, -0.2) is 14.4 Å². The number of fused-ring (bicyclic) bond motifs is 2. The first-order valence-electron chi connectivity index (χ1n) is 12.4. The van der Waals surface area contributed by atoms with Crippen LogP contribution in [-0.2, 0) is 0 Å². The number of rotatable bonds is 8. The third-order valence-corrected chi connectivity index (χ3v) is 6.48. The van der Waals surface area contributed by atoms with E-state index in [1.165, 1.54) is 0 Å². The van der Waals surface area contributed by atoms with Crippen molar-refractivity contribution in [1.29, 1.82) is 0 Å². The van der Waals surface area contributed by atoms with Gasteiger partial charge in [0.15, 0.2) is 11.5 Å². The number of nitrogens with one attached hydrogen (secondary N) is 3. The summed E-state index contributed by atoms with van der Waals surface area (Å²) in [4.78, 5) is 20.7. The van der Waals surface area contributed by atoms with Crippen molar-refractivity contribution in [2.24, 2.45) is 0 Å². The van der Waals surface area contributed by atoms with E-state index in [4.69, 9.17) is 4.98 Å². The highest BCUT2D eigenvalue weighted by Crippen LogP contribution is 2.35. The van der Waals surface area contributed by atoms with Gasteiger partial charge in [-0.1, -0.05) is 13.3 Å². The molecular formula is C28H25FN8O. The molecule has 190 valence electrons. The van der Waals surface area contributed by atoms with E-state index in [1.807, 2.05) is 18.2 Å². The van der Waals surface area contributed by atoms with E-state index in [9.17, 15) is 5.11 Å². The number of aromatic nitrogens is 7. The molecule has 0 radical (unpaired) electrons. The van der Waals surface area contributed by atoms with Gasteiger partial charge < -0.3 is 15.4 Å². The van der Waals surface area contributed by atoms with Gasteiger partial charge in [-0.15, -0.1) is 0 Å². The molecule has 38 heavy (non-hydrogen) atoms. The number of anilines is 1. The summed E-state index contributed by atoms with van der Waals surface area (Å²) in [7, 11) is 0. The van der Waals surface area contributed by atoms with E-state index < -0.39 is 12.0 Å². The Bertz CT molecular complexity index is 1730. The standard InChI is InChI=1S/C28H25FN8O/c1-2-3-4-22(38)33-18-13-17(14-31-15-18)19-5-6-21-23(24(19)29)26(37-36-21)28-34-25-20(9-12-32-27(25)35-28)16-7-10-30-11-8-16/h5-15,22,33,38H,2-4H2,1H3,(H,36,37)(H,32,34,35). The summed E-state index contributed by atoms with van der Waals surface area (Å²) in [5.74, 6) is -0.0385. The Morgan fingerprint density at radius 1 is 1.00 bits per heavy atom. The molecule has 0 aliphatic rings. The molecule has 6 aromatic rings. The lowest BCUT2D eigenvalue weighted by Crippen LogP contribution is -2.18. The monoisotopic (exact) mass is 508 g/mol. The molecule has 0 amide bonds. The Kier molecular flexibility index (Phi) is 6.22. The van der Waals surface area contributed by atoms with Gasteiger partial charge in [0.25, 0.3) is 0 Å². The second kappa shape index (κ2) is 9.98. The molecule has 0 fully saturated rings. The number of unbranched alkanes of at least 4 members (excludes halogenated alkanes) is 1. The van der Waals surface area contributed by atoms with E-state index in [2.05, 4.69) is 42.4 Å². The number of halogens is 1. The van der Waals surface area contributed by atoms with Crippen molar-refractivity contribution in [2.75, 3.05) is 5.32 Å². The number of benzene rings is 1. The van der Waals surface area contributed by atoms with E-state index in [1.54, 1.807) is 49.2 Å². The molecule has 5 heterocycles. The van der Waals surface area contributed by atoms with Crippen LogP contribution in [0, 0.1) is 5.82 Å². The molecule has 0 bridgehead atoms. The topological polar surface area (TPSA) is 128 Å². The maximum atomic E-state index is 16.1. The Balaban J connectivity index is 1.41. The van der Waals surface area contributed by atoms with Crippen molar-refractivity contribution in [2.45, 2.75) is 32.4 Å². The van der Waals surface area contributed by atoms with Crippen LogP contribution in [0.3, 0.4) is 0 Å². The van der Waals surface area contributed by atoms with E-state index >= 15 is 4.39 Å². The summed E-state index contributed by atoms with van der Waals surface area (Å²) in [6.07, 6.45) is 10.2. The molecule has 9 nitrogen and oxygen atoms in total. The molecule has 0 aliphatic carbocycles. The minimum atomic E-state index is -0.696. The highest BCUT2D eigenvalue weighted by molar-refractivity contribution is 5.98. The maximum Gasteiger partial charge on any atom is 0.161 e. The number of aliphatic hydroxyl groups is 1. The molecule has 1 atom stereocenters. The molecule has 0 aliphatic heterocycles. The van der Waals surface area contributed by atoms with Crippen molar-refractivity contribution in [1.82, 2.24) is 35.1 Å². The first-order valence-corrected chi connectivity index (χ1v) is 12.4. The third kappa shape index (κ3) is 4.35. The van der Waals surface area contributed by atoms with Gasteiger partial charge >= 0.3 is 0 Å². The zero-order chi connectivity index (χ0) is 26.1. The summed E-state index contributed by atoms with van der Waals surface area (Å²) in [5.41, 5.74) is 5.53. The average molecular weight is 509 g/mol. The molecule has 1 unspecified atom stereocenters. The van der Waals surface area contributed by atoms with Gasteiger partial charge in [-0.05, 0) is 54.8 Å². The van der Waals surface area contributed by atoms with Crippen molar-refractivity contribution < 1.29 is 9.50 Å². The van der Waals surface area contributed by atoms with Gasteiger partial charge in [0.05, 0.1) is 22.8 Å². The van der Waals surface area contributed by atoms with Gasteiger partial charge in [0, 0.05) is 41.5 Å². The maximum absolute atomic E-state index is 16.1. The predicted molar refractivity (Wildman–Crippen MR) is 145 cm³/mol. The first kappa shape index (κ1) is 23.7. The minimum absolute atomic E-state index is 0.313. The lowest BCUT2D eigenvalue weighted by molar-refractivity contribution is 0.190. The fourth-order valence-electron chi connectivity index (χ4n) is 4.58. The summed E-state index contributed by atoms with van der Waals surface area (Å²) < 4.78 is 16.1. The van der Waals surface area contributed by atoms with E-state index in [-0.39, 0.29) is 0 Å². The van der Waals surface area contributed by atoms with Crippen LogP contribution in [0.25, 0.3) is 55.8 Å². The van der Waals surface area contributed by atoms with Crippen molar-refractivity contribution in [3.05, 3.63) is 73.2 Å². The van der Waals surface area contributed by atoms with Crippen LogP contribution >= 0.6 is 0 Å². The fraction of sp³-hybridized carbons (Fsp3) is 0.179. The Morgan fingerprint density at radius 3 is 2.71 bits per heavy atom. The lowest BCUT2D eigenvalue weighted by atomic mass is 10.0. The lowest BCUT2D eigenvalue weighted by Gasteiger charge is -2.14. The van der Waals surface area contributed by atoms with Crippen LogP contribution < -0.4 is 5.32 Å². The second-order valence-corrected chi connectivity index (χ2v) is 9.06. The van der Waals surface area contributed by atoms with Gasteiger partial charge in [0.1, 0.15) is 23.3 Å². The Morgan fingerprint density at radius 2 is 1.87 bits per heavy atom. The number of H-pyrrole nitrogens is 2. The molecule has 6 rings (SSSR count). The molecule has 1 aromatic carbocycles. The van der Waals surface area contributed by atoms with Crippen LogP contribution in [0.4, 0.5) is 10.1 Å². The number of hydrogen-bond donors (Lipinski definition) is 4. The Labute approximate surface area is 217 Å². The van der Waals surface area contributed by atoms with Crippen LogP contribution in [0.15, 0.2) is 67.4 Å². The van der Waals surface area contributed by atoms with Crippen molar-refractivity contribution in [3.8, 4) is 33.8 Å². The normalized spacial score (nSPS) is 12.3. The third-order valence-electron chi connectivity index (χ3n) is 6.48. The summed E-state index contributed by atoms with van der Waals surface area (Å²) in [5, 5.41) is 20.9. The molecule has 10 heteroatoms. The summed E-state index contributed by atoms with van der Waals surface area (Å²) in [6.45, 7) is 2.07. The van der Waals surface area contributed by atoms with Crippen molar-refractivity contribution in [3.63, 3.8) is 0 Å². The van der Waals surface area contributed by atoms with Crippen LogP contribution in [0.1, 0.15) is 26.2 Å². The number of aliphatic hydroxyl groups excluding tert-OH is 1. The van der Waals surface area contributed by atoms with Crippen LogP contribution in [-0.4, -0.2) is 46.5 Å². The molecular weight excluding hydrogens is 483 g/mol. The molecule has 0 spiro atoms. The molecule has 0 saturated carbocycles. The van der Waals surface area contributed by atoms with E-state index in [0.29, 0.717) is 56.8 Å². The summed E-state index contributed by atoms with van der Waals surface area (Å²) >= 11 is 0.